The maximum atomic E-state index is 13.8. The summed E-state index contributed by atoms with van der Waals surface area (Å²) in [6.45, 7) is 2.54. The number of benzene rings is 3. The normalized spacial score (nSPS) is 13.5. The van der Waals surface area contributed by atoms with Gasteiger partial charge in [-0.3, -0.25) is 18.7 Å². The van der Waals surface area contributed by atoms with Crippen molar-refractivity contribution in [2.45, 2.75) is 26.1 Å². The van der Waals surface area contributed by atoms with Crippen molar-refractivity contribution in [3.63, 3.8) is 0 Å². The van der Waals surface area contributed by atoms with Crippen LogP contribution >= 0.6 is 27.5 Å². The third-order valence-corrected chi connectivity index (χ3v) is 8.06. The Morgan fingerprint density at radius 1 is 1.03 bits per heavy atom. The molecule has 0 saturated carbocycles. The van der Waals surface area contributed by atoms with Crippen LogP contribution in [0, 0.1) is 0 Å². The fourth-order valence-corrected chi connectivity index (χ4v) is 5.17. The van der Waals surface area contributed by atoms with Gasteiger partial charge in [0.05, 0.1) is 36.1 Å². The molecule has 0 unspecified atom stereocenters. The maximum Gasteiger partial charge on any atom is 0.333 e. The highest BCUT2D eigenvalue weighted by molar-refractivity contribution is 9.10. The number of ether oxygens (including phenoxy) is 1. The van der Waals surface area contributed by atoms with Gasteiger partial charge in [0.15, 0.2) is 0 Å². The number of fused-ring (bicyclic) bond motifs is 1. The fraction of sp³-hybridized carbons (Fsp3) is 0.207. The summed E-state index contributed by atoms with van der Waals surface area (Å²) in [4.78, 5) is 42.5. The molecule has 0 fully saturated rings. The van der Waals surface area contributed by atoms with Crippen molar-refractivity contribution in [2.24, 2.45) is 0 Å². The summed E-state index contributed by atoms with van der Waals surface area (Å²) < 4.78 is 8.94. The zero-order valence-electron chi connectivity index (χ0n) is 21.4. The van der Waals surface area contributed by atoms with Gasteiger partial charge in [-0.2, -0.15) is 0 Å². The number of nitrogens with zero attached hydrogens (tertiary/aromatic N) is 3. The number of rotatable bonds is 6. The second-order valence-electron chi connectivity index (χ2n) is 9.22. The third-order valence-electron chi connectivity index (χ3n) is 6.83. The van der Waals surface area contributed by atoms with Gasteiger partial charge in [-0.15, -0.1) is 0 Å². The van der Waals surface area contributed by atoms with Crippen molar-refractivity contribution in [3.8, 4) is 11.4 Å². The summed E-state index contributed by atoms with van der Waals surface area (Å²) in [6, 6.07) is 21.2. The number of halogens is 2. The molecule has 3 aromatic carbocycles. The van der Waals surface area contributed by atoms with Crippen molar-refractivity contribution in [2.75, 3.05) is 13.7 Å². The monoisotopic (exact) mass is 608 g/mol. The Balaban J connectivity index is 1.56. The lowest BCUT2D eigenvalue weighted by Gasteiger charge is -2.28. The summed E-state index contributed by atoms with van der Waals surface area (Å²) in [5.74, 6) is -0.0114. The van der Waals surface area contributed by atoms with E-state index in [2.05, 4.69) is 21.2 Å². The first-order chi connectivity index (χ1) is 18.8. The van der Waals surface area contributed by atoms with Crippen LogP contribution in [-0.4, -0.2) is 39.5 Å². The van der Waals surface area contributed by atoms with Gasteiger partial charge in [-0.25, -0.2) is 4.79 Å². The second-order valence-corrected chi connectivity index (χ2v) is 10.5. The number of aromatic nitrogens is 2. The predicted octanol–water partition coefficient (Wildman–Crippen LogP) is 5.21. The third kappa shape index (κ3) is 5.24. The molecule has 0 spiro atoms. The molecular weight excluding hydrogens is 584 g/mol. The van der Waals surface area contributed by atoms with E-state index < -0.39 is 5.91 Å². The van der Waals surface area contributed by atoms with Crippen molar-refractivity contribution < 1.29 is 14.3 Å². The first-order valence-electron chi connectivity index (χ1n) is 12.4. The van der Waals surface area contributed by atoms with Crippen LogP contribution in [-0.2, 0) is 13.1 Å². The Hall–Kier alpha value is -3.82. The highest BCUT2D eigenvalue weighted by Crippen LogP contribution is 2.26. The van der Waals surface area contributed by atoms with Crippen LogP contribution in [0.1, 0.15) is 45.1 Å². The van der Waals surface area contributed by atoms with Gasteiger partial charge in [0.2, 0.25) is 0 Å². The summed E-state index contributed by atoms with van der Waals surface area (Å²) in [5.41, 5.74) is 2.21. The molecule has 5 rings (SSSR count). The Morgan fingerprint density at radius 3 is 2.41 bits per heavy atom. The Labute approximate surface area is 238 Å². The van der Waals surface area contributed by atoms with Crippen LogP contribution in [0.15, 0.2) is 82.1 Å². The minimum absolute atomic E-state index is 0.0907. The van der Waals surface area contributed by atoms with Crippen molar-refractivity contribution in [1.29, 1.82) is 0 Å². The Kier molecular flexibility index (Phi) is 7.63. The summed E-state index contributed by atoms with van der Waals surface area (Å²) in [7, 11) is 1.56. The van der Waals surface area contributed by atoms with Gasteiger partial charge in [0.25, 0.3) is 11.8 Å². The van der Waals surface area contributed by atoms with E-state index in [4.69, 9.17) is 16.3 Å². The number of hydrogen-bond donors (Lipinski definition) is 1. The molecule has 8 nitrogen and oxygen atoms in total. The average molecular weight is 610 g/mol. The lowest BCUT2D eigenvalue weighted by molar-refractivity contribution is 0.0706. The van der Waals surface area contributed by atoms with Crippen LogP contribution in [0.5, 0.6) is 5.75 Å². The molecule has 0 aliphatic carbocycles. The Bertz CT molecular complexity index is 1600. The molecule has 1 atom stereocenters. The highest BCUT2D eigenvalue weighted by atomic mass is 79.9. The van der Waals surface area contributed by atoms with E-state index in [1.807, 2.05) is 37.3 Å². The molecule has 0 saturated heterocycles. The molecule has 200 valence electrons. The van der Waals surface area contributed by atoms with E-state index in [1.165, 1.54) is 4.57 Å². The number of imidazole rings is 1. The van der Waals surface area contributed by atoms with E-state index in [1.54, 1.807) is 59.0 Å². The molecule has 0 bridgehead atoms. The van der Waals surface area contributed by atoms with E-state index in [0.29, 0.717) is 38.7 Å². The lowest BCUT2D eigenvalue weighted by atomic mass is 10.1. The SMILES string of the molecule is COc1ccc(-n2c(C(=O)N[C@@H](C)c3ccccc3)c3n(c2=O)CCN(C(=O)c2ccc(Br)c(Cl)c2)C3)cc1. The number of carbonyl (C=O) groups excluding carboxylic acids is 2. The van der Waals surface area contributed by atoms with Crippen molar-refractivity contribution >= 4 is 39.3 Å². The Morgan fingerprint density at radius 2 is 1.74 bits per heavy atom. The smallest absolute Gasteiger partial charge is 0.333 e. The molecule has 2 amide bonds. The van der Waals surface area contributed by atoms with Gasteiger partial charge < -0.3 is 15.0 Å². The summed E-state index contributed by atoms with van der Waals surface area (Å²) in [5, 5.41) is 3.46. The van der Waals surface area contributed by atoms with E-state index in [-0.39, 0.29) is 36.4 Å². The molecule has 0 radical (unpaired) electrons. The van der Waals surface area contributed by atoms with Gasteiger partial charge in [-0.1, -0.05) is 41.9 Å². The van der Waals surface area contributed by atoms with Crippen molar-refractivity contribution in [3.05, 3.63) is 115 Å². The molecule has 39 heavy (non-hydrogen) atoms. The van der Waals surface area contributed by atoms with Gasteiger partial charge >= 0.3 is 5.69 Å². The first-order valence-corrected chi connectivity index (χ1v) is 13.5. The van der Waals surface area contributed by atoms with E-state index in [9.17, 15) is 14.4 Å². The number of carbonyl (C=O) groups is 2. The quantitative estimate of drug-likeness (QED) is 0.325. The van der Waals surface area contributed by atoms with Crippen LogP contribution in [0.2, 0.25) is 5.02 Å². The molecular formula is C29H26BrClN4O4. The first kappa shape index (κ1) is 26.8. The zero-order chi connectivity index (χ0) is 27.7. The average Bonchev–Trinajstić information content (AvgIpc) is 3.26. The van der Waals surface area contributed by atoms with Gasteiger partial charge in [0, 0.05) is 23.1 Å². The van der Waals surface area contributed by atoms with Crippen LogP contribution in [0.3, 0.4) is 0 Å². The zero-order valence-corrected chi connectivity index (χ0v) is 23.7. The van der Waals surface area contributed by atoms with Gasteiger partial charge in [0.1, 0.15) is 11.4 Å². The minimum atomic E-state index is -0.408. The summed E-state index contributed by atoms with van der Waals surface area (Å²) in [6.07, 6.45) is 0. The van der Waals surface area contributed by atoms with Crippen LogP contribution in [0.4, 0.5) is 0 Å². The molecule has 2 heterocycles. The number of hydrogen-bond acceptors (Lipinski definition) is 4. The largest absolute Gasteiger partial charge is 0.497 e. The van der Waals surface area contributed by atoms with Crippen molar-refractivity contribution in [1.82, 2.24) is 19.4 Å². The van der Waals surface area contributed by atoms with E-state index >= 15 is 0 Å². The number of methoxy groups -OCH3 is 1. The molecule has 4 aromatic rings. The summed E-state index contributed by atoms with van der Waals surface area (Å²) >= 11 is 9.58. The van der Waals surface area contributed by atoms with Gasteiger partial charge in [-0.05, 0) is 70.9 Å². The molecule has 1 aromatic heterocycles. The molecule has 1 aliphatic heterocycles. The standard InChI is InChI=1S/C29H26BrClN4O4/c1-18(19-6-4-3-5-7-19)32-27(36)26-25-17-33(28(37)20-8-13-23(30)24(31)16-20)14-15-34(25)29(38)35(26)21-9-11-22(39-2)12-10-21/h3-13,16,18H,14-15,17H2,1-2H3,(H,32,36)/t18-/m0/s1. The molecule has 1 N–H and O–H groups in total. The second kappa shape index (κ2) is 11.1. The topological polar surface area (TPSA) is 85.6 Å². The molecule has 10 heteroatoms. The van der Waals surface area contributed by atoms with Crippen LogP contribution in [0.25, 0.3) is 5.69 Å². The number of amides is 2. The minimum Gasteiger partial charge on any atom is -0.497 e. The lowest BCUT2D eigenvalue weighted by Crippen LogP contribution is -2.41. The molecule has 1 aliphatic rings. The number of nitrogens with one attached hydrogen (secondary N) is 1. The highest BCUT2D eigenvalue weighted by Gasteiger charge is 2.32. The van der Waals surface area contributed by atoms with Crippen LogP contribution < -0.4 is 15.7 Å². The van der Waals surface area contributed by atoms with E-state index in [0.717, 1.165) is 5.56 Å². The fourth-order valence-electron chi connectivity index (χ4n) is 4.74. The predicted molar refractivity (Wildman–Crippen MR) is 153 cm³/mol. The maximum absolute atomic E-state index is 13.8.